The van der Waals surface area contributed by atoms with E-state index in [9.17, 15) is 0 Å². The van der Waals surface area contributed by atoms with Crippen LogP contribution in [-0.2, 0) is 0 Å². The van der Waals surface area contributed by atoms with Crippen LogP contribution in [0.1, 0.15) is 5.56 Å². The SMILES string of the molecule is Cc1ccc(Sc2cnsc2)cc1. The molecule has 0 saturated heterocycles. The molecule has 1 aromatic carbocycles. The van der Waals surface area contributed by atoms with Gasteiger partial charge in [-0.3, -0.25) is 0 Å². The van der Waals surface area contributed by atoms with E-state index in [1.165, 1.54) is 26.9 Å². The Bertz CT molecular complexity index is 364. The van der Waals surface area contributed by atoms with Crippen molar-refractivity contribution in [1.29, 1.82) is 0 Å². The summed E-state index contributed by atoms with van der Waals surface area (Å²) in [4.78, 5) is 2.49. The van der Waals surface area contributed by atoms with Crippen LogP contribution >= 0.6 is 23.3 Å². The molecule has 0 bridgehead atoms. The third kappa shape index (κ3) is 2.32. The largest absolute Gasteiger partial charge is 0.200 e. The van der Waals surface area contributed by atoms with E-state index in [4.69, 9.17) is 0 Å². The normalized spacial score (nSPS) is 10.2. The van der Waals surface area contributed by atoms with Gasteiger partial charge in [-0.1, -0.05) is 29.5 Å². The Morgan fingerprint density at radius 3 is 2.54 bits per heavy atom. The maximum absolute atomic E-state index is 4.06. The van der Waals surface area contributed by atoms with Crippen molar-refractivity contribution in [2.45, 2.75) is 16.7 Å². The summed E-state index contributed by atoms with van der Waals surface area (Å²) in [6.45, 7) is 2.10. The molecule has 0 unspecified atom stereocenters. The van der Waals surface area contributed by atoms with Crippen molar-refractivity contribution < 1.29 is 0 Å². The molecule has 0 aliphatic carbocycles. The monoisotopic (exact) mass is 207 g/mol. The first-order valence-electron chi connectivity index (χ1n) is 3.98. The second kappa shape index (κ2) is 3.94. The Morgan fingerprint density at radius 2 is 1.92 bits per heavy atom. The highest BCUT2D eigenvalue weighted by Crippen LogP contribution is 2.27. The van der Waals surface area contributed by atoms with Gasteiger partial charge in [-0.15, -0.1) is 0 Å². The van der Waals surface area contributed by atoms with E-state index in [-0.39, 0.29) is 0 Å². The van der Waals surface area contributed by atoms with E-state index in [1.807, 2.05) is 6.20 Å². The molecule has 0 N–H and O–H groups in total. The highest BCUT2D eigenvalue weighted by molar-refractivity contribution is 7.99. The van der Waals surface area contributed by atoms with Gasteiger partial charge in [-0.05, 0) is 30.6 Å². The zero-order valence-corrected chi connectivity index (χ0v) is 8.86. The fourth-order valence-electron chi connectivity index (χ4n) is 0.988. The molecule has 0 aliphatic rings. The Labute approximate surface area is 86.0 Å². The molecule has 13 heavy (non-hydrogen) atoms. The standard InChI is InChI=1S/C10H9NS2/c1-8-2-4-9(5-3-8)13-10-6-11-12-7-10/h2-7H,1H3. The van der Waals surface area contributed by atoms with Crippen LogP contribution in [0.2, 0.25) is 0 Å². The minimum Gasteiger partial charge on any atom is -0.200 e. The Hall–Kier alpha value is -0.800. The first-order valence-corrected chi connectivity index (χ1v) is 5.64. The number of nitrogens with zero attached hydrogens (tertiary/aromatic N) is 1. The van der Waals surface area contributed by atoms with Crippen molar-refractivity contribution in [2.24, 2.45) is 0 Å². The quantitative estimate of drug-likeness (QED) is 0.746. The average molecular weight is 207 g/mol. The fourth-order valence-corrected chi connectivity index (χ4v) is 2.43. The highest BCUT2D eigenvalue weighted by atomic mass is 32.2. The van der Waals surface area contributed by atoms with Crippen molar-refractivity contribution in [1.82, 2.24) is 4.37 Å². The maximum Gasteiger partial charge on any atom is 0.0546 e. The first kappa shape index (κ1) is 8.78. The summed E-state index contributed by atoms with van der Waals surface area (Å²) in [6.07, 6.45) is 1.90. The van der Waals surface area contributed by atoms with Crippen molar-refractivity contribution in [3.05, 3.63) is 41.4 Å². The lowest BCUT2D eigenvalue weighted by Gasteiger charge is -1.97. The third-order valence-electron chi connectivity index (χ3n) is 1.67. The molecule has 2 aromatic rings. The van der Waals surface area contributed by atoms with Gasteiger partial charge in [0.05, 0.1) is 6.20 Å². The number of hydrogen-bond donors (Lipinski definition) is 0. The van der Waals surface area contributed by atoms with Crippen LogP contribution in [0, 0.1) is 6.92 Å². The molecular weight excluding hydrogens is 198 g/mol. The Balaban J connectivity index is 2.15. The van der Waals surface area contributed by atoms with E-state index in [2.05, 4.69) is 40.9 Å². The summed E-state index contributed by atoms with van der Waals surface area (Å²) in [7, 11) is 0. The van der Waals surface area contributed by atoms with Gasteiger partial charge < -0.3 is 0 Å². The van der Waals surface area contributed by atoms with Gasteiger partial charge in [0.2, 0.25) is 0 Å². The maximum atomic E-state index is 4.06. The first-order chi connectivity index (χ1) is 6.34. The van der Waals surface area contributed by atoms with Gasteiger partial charge in [0.1, 0.15) is 0 Å². The molecule has 0 fully saturated rings. The van der Waals surface area contributed by atoms with Crippen LogP contribution in [-0.4, -0.2) is 4.37 Å². The summed E-state index contributed by atoms with van der Waals surface area (Å²) in [5, 5.41) is 2.06. The van der Waals surface area contributed by atoms with Gasteiger partial charge in [0.25, 0.3) is 0 Å². The van der Waals surface area contributed by atoms with Crippen molar-refractivity contribution in [3.8, 4) is 0 Å². The molecule has 0 atom stereocenters. The molecule has 0 aliphatic heterocycles. The predicted octanol–water partition coefficient (Wildman–Crippen LogP) is 3.60. The molecule has 1 aromatic heterocycles. The summed E-state index contributed by atoms with van der Waals surface area (Å²) >= 11 is 3.24. The van der Waals surface area contributed by atoms with Crippen LogP contribution in [0.25, 0.3) is 0 Å². The molecule has 0 saturated carbocycles. The topological polar surface area (TPSA) is 12.9 Å². The molecule has 1 nitrogen and oxygen atoms in total. The molecule has 0 amide bonds. The van der Waals surface area contributed by atoms with Crippen molar-refractivity contribution >= 4 is 23.3 Å². The van der Waals surface area contributed by atoms with Crippen LogP contribution < -0.4 is 0 Å². The molecular formula is C10H9NS2. The highest BCUT2D eigenvalue weighted by Gasteiger charge is 1.97. The summed E-state index contributed by atoms with van der Waals surface area (Å²) in [5.74, 6) is 0. The number of aromatic nitrogens is 1. The van der Waals surface area contributed by atoms with E-state index in [1.54, 1.807) is 11.8 Å². The lowest BCUT2D eigenvalue weighted by molar-refractivity contribution is 1.36. The third-order valence-corrected chi connectivity index (χ3v) is 3.37. The van der Waals surface area contributed by atoms with Crippen LogP contribution in [0.15, 0.2) is 45.6 Å². The summed E-state index contributed by atoms with van der Waals surface area (Å²) < 4.78 is 4.06. The molecule has 0 spiro atoms. The Morgan fingerprint density at radius 1 is 1.15 bits per heavy atom. The summed E-state index contributed by atoms with van der Waals surface area (Å²) in [5.41, 5.74) is 1.30. The minimum absolute atomic E-state index is 1.22. The van der Waals surface area contributed by atoms with Gasteiger partial charge >= 0.3 is 0 Å². The second-order valence-corrected chi connectivity index (χ2v) is 4.58. The van der Waals surface area contributed by atoms with Crippen LogP contribution in [0.3, 0.4) is 0 Å². The van der Waals surface area contributed by atoms with Gasteiger partial charge in [0, 0.05) is 15.2 Å². The van der Waals surface area contributed by atoms with E-state index in [0.29, 0.717) is 0 Å². The second-order valence-electron chi connectivity index (χ2n) is 2.78. The van der Waals surface area contributed by atoms with Crippen molar-refractivity contribution in [3.63, 3.8) is 0 Å². The lowest BCUT2D eigenvalue weighted by atomic mass is 10.2. The Kier molecular flexibility index (Phi) is 2.66. The molecule has 3 heteroatoms. The molecule has 2 rings (SSSR count). The van der Waals surface area contributed by atoms with Gasteiger partial charge in [-0.2, -0.15) is 4.37 Å². The zero-order chi connectivity index (χ0) is 9.10. The minimum atomic E-state index is 1.22. The van der Waals surface area contributed by atoms with Crippen LogP contribution in [0.5, 0.6) is 0 Å². The number of hydrogen-bond acceptors (Lipinski definition) is 3. The summed E-state index contributed by atoms with van der Waals surface area (Å²) in [6, 6.07) is 8.53. The lowest BCUT2D eigenvalue weighted by Crippen LogP contribution is -1.72. The zero-order valence-electron chi connectivity index (χ0n) is 7.23. The number of aryl methyl sites for hydroxylation is 1. The van der Waals surface area contributed by atoms with E-state index in [0.717, 1.165) is 0 Å². The molecule has 1 heterocycles. The molecule has 0 radical (unpaired) electrons. The smallest absolute Gasteiger partial charge is 0.0546 e. The van der Waals surface area contributed by atoms with Gasteiger partial charge in [-0.25, -0.2) is 0 Å². The number of rotatable bonds is 2. The predicted molar refractivity (Wildman–Crippen MR) is 57.4 cm³/mol. The number of benzene rings is 1. The van der Waals surface area contributed by atoms with Gasteiger partial charge in [0.15, 0.2) is 0 Å². The fraction of sp³-hybridized carbons (Fsp3) is 0.100. The van der Waals surface area contributed by atoms with E-state index >= 15 is 0 Å². The van der Waals surface area contributed by atoms with E-state index < -0.39 is 0 Å². The molecule has 66 valence electrons. The van der Waals surface area contributed by atoms with Crippen molar-refractivity contribution in [2.75, 3.05) is 0 Å². The average Bonchev–Trinajstić information content (AvgIpc) is 2.62. The van der Waals surface area contributed by atoms with Crippen LogP contribution in [0.4, 0.5) is 0 Å².